The smallest absolute Gasteiger partial charge is 0.168 e. The van der Waals surface area contributed by atoms with Crippen LogP contribution in [0.3, 0.4) is 0 Å². The fraction of sp³-hybridized carbons (Fsp3) is 0. The summed E-state index contributed by atoms with van der Waals surface area (Å²) in [7, 11) is 0. The predicted octanol–water partition coefficient (Wildman–Crippen LogP) is 3.79. The molecule has 3 N–H and O–H groups in total. The summed E-state index contributed by atoms with van der Waals surface area (Å²) < 4.78 is 5.73. The van der Waals surface area contributed by atoms with Crippen LogP contribution in [0.4, 0.5) is 5.69 Å². The van der Waals surface area contributed by atoms with Crippen LogP contribution in [-0.4, -0.2) is 5.11 Å². The molecule has 0 heterocycles. The molecule has 0 aliphatic carbocycles. The van der Waals surface area contributed by atoms with Crippen LogP contribution >= 0.6 is 23.8 Å². The molecule has 5 heteroatoms. The van der Waals surface area contributed by atoms with Crippen molar-refractivity contribution in [1.29, 1.82) is 0 Å². The molecule has 0 amide bonds. The molecule has 0 bridgehead atoms. The molecule has 18 heavy (non-hydrogen) atoms. The van der Waals surface area contributed by atoms with Crippen LogP contribution < -0.4 is 15.8 Å². The number of rotatable bonds is 3. The standard InChI is InChI=1S/C13H11ClN2OS/c14-9-5-7-10(8-6-9)17-12-4-2-1-3-11(12)16-13(15)18/h1-8H,(H3,15,16,18). The number of hydrogen-bond donors (Lipinski definition) is 2. The highest BCUT2D eigenvalue weighted by Gasteiger charge is 2.04. The lowest BCUT2D eigenvalue weighted by Gasteiger charge is -2.11. The van der Waals surface area contributed by atoms with Crippen molar-refractivity contribution < 1.29 is 4.74 Å². The van der Waals surface area contributed by atoms with Crippen LogP contribution in [-0.2, 0) is 0 Å². The number of hydrogen-bond acceptors (Lipinski definition) is 2. The molecular weight excluding hydrogens is 268 g/mol. The van der Waals surface area contributed by atoms with E-state index in [2.05, 4.69) is 5.32 Å². The lowest BCUT2D eigenvalue weighted by atomic mass is 10.3. The zero-order chi connectivity index (χ0) is 13.0. The van der Waals surface area contributed by atoms with Gasteiger partial charge >= 0.3 is 0 Å². The van der Waals surface area contributed by atoms with Gasteiger partial charge in [0, 0.05) is 5.02 Å². The molecule has 0 saturated heterocycles. The van der Waals surface area contributed by atoms with Crippen molar-refractivity contribution in [3.8, 4) is 11.5 Å². The van der Waals surface area contributed by atoms with Crippen LogP contribution in [0.2, 0.25) is 5.02 Å². The molecule has 0 aromatic heterocycles. The lowest BCUT2D eigenvalue weighted by Crippen LogP contribution is -2.19. The summed E-state index contributed by atoms with van der Waals surface area (Å²) in [5.41, 5.74) is 6.18. The minimum absolute atomic E-state index is 0.196. The van der Waals surface area contributed by atoms with Gasteiger partial charge in [0.1, 0.15) is 5.75 Å². The topological polar surface area (TPSA) is 47.3 Å². The van der Waals surface area contributed by atoms with Crippen LogP contribution in [0.15, 0.2) is 48.5 Å². The first-order chi connectivity index (χ1) is 8.65. The van der Waals surface area contributed by atoms with E-state index in [-0.39, 0.29) is 5.11 Å². The second kappa shape index (κ2) is 5.71. The van der Waals surface area contributed by atoms with E-state index < -0.39 is 0 Å². The van der Waals surface area contributed by atoms with Gasteiger partial charge in [-0.2, -0.15) is 0 Å². The third-order valence-corrected chi connectivity index (χ3v) is 2.54. The fourth-order valence-corrected chi connectivity index (χ4v) is 1.66. The van der Waals surface area contributed by atoms with Crippen molar-refractivity contribution in [2.45, 2.75) is 0 Å². The van der Waals surface area contributed by atoms with E-state index in [1.54, 1.807) is 24.3 Å². The molecule has 0 unspecified atom stereocenters. The van der Waals surface area contributed by atoms with E-state index in [1.165, 1.54) is 0 Å². The number of nitrogens with two attached hydrogens (primary N) is 1. The number of ether oxygens (including phenoxy) is 1. The Morgan fingerprint density at radius 3 is 2.44 bits per heavy atom. The van der Waals surface area contributed by atoms with Gasteiger partial charge in [-0.25, -0.2) is 0 Å². The maximum atomic E-state index is 5.81. The van der Waals surface area contributed by atoms with Crippen LogP contribution in [0.5, 0.6) is 11.5 Å². The van der Waals surface area contributed by atoms with Gasteiger partial charge in [-0.15, -0.1) is 0 Å². The first kappa shape index (κ1) is 12.7. The van der Waals surface area contributed by atoms with Crippen LogP contribution in [0.1, 0.15) is 0 Å². The first-order valence-electron chi connectivity index (χ1n) is 5.24. The van der Waals surface area contributed by atoms with Crippen molar-refractivity contribution >= 4 is 34.6 Å². The van der Waals surface area contributed by atoms with E-state index in [0.717, 1.165) is 5.69 Å². The summed E-state index contributed by atoms with van der Waals surface area (Å²) in [5, 5.41) is 3.72. The summed E-state index contributed by atoms with van der Waals surface area (Å²) >= 11 is 10.6. The number of thiocarbonyl (C=S) groups is 1. The van der Waals surface area contributed by atoms with E-state index in [9.17, 15) is 0 Å². The maximum absolute atomic E-state index is 5.81. The average Bonchev–Trinajstić information content (AvgIpc) is 2.34. The molecule has 2 rings (SSSR count). The maximum Gasteiger partial charge on any atom is 0.168 e. The van der Waals surface area contributed by atoms with Gasteiger partial charge in [-0.1, -0.05) is 23.7 Å². The summed E-state index contributed by atoms with van der Waals surface area (Å²) in [4.78, 5) is 0. The number of halogens is 1. The Bertz CT molecular complexity index is 557. The molecule has 0 saturated carbocycles. The molecule has 92 valence electrons. The second-order valence-electron chi connectivity index (χ2n) is 3.54. The predicted molar refractivity (Wildman–Crippen MR) is 78.4 cm³/mol. The largest absolute Gasteiger partial charge is 0.455 e. The zero-order valence-electron chi connectivity index (χ0n) is 9.39. The molecule has 0 aliphatic rings. The van der Waals surface area contributed by atoms with Crippen molar-refractivity contribution in [3.63, 3.8) is 0 Å². The summed E-state index contributed by atoms with van der Waals surface area (Å²) in [6, 6.07) is 14.5. The van der Waals surface area contributed by atoms with Gasteiger partial charge in [0.05, 0.1) is 5.69 Å². The van der Waals surface area contributed by atoms with Gasteiger partial charge in [0.2, 0.25) is 0 Å². The van der Waals surface area contributed by atoms with Gasteiger partial charge < -0.3 is 15.8 Å². The monoisotopic (exact) mass is 278 g/mol. The van der Waals surface area contributed by atoms with Crippen LogP contribution in [0.25, 0.3) is 0 Å². The quantitative estimate of drug-likeness (QED) is 0.839. The van der Waals surface area contributed by atoms with Crippen LogP contribution in [0, 0.1) is 0 Å². The summed E-state index contributed by atoms with van der Waals surface area (Å²) in [6.45, 7) is 0. The Morgan fingerprint density at radius 2 is 1.78 bits per heavy atom. The highest BCUT2D eigenvalue weighted by molar-refractivity contribution is 7.80. The van der Waals surface area contributed by atoms with E-state index in [1.807, 2.05) is 24.3 Å². The first-order valence-corrected chi connectivity index (χ1v) is 6.02. The normalized spacial score (nSPS) is 9.83. The molecule has 2 aromatic rings. The van der Waals surface area contributed by atoms with Gasteiger partial charge in [-0.05, 0) is 48.6 Å². The Morgan fingerprint density at radius 1 is 1.11 bits per heavy atom. The molecule has 0 radical (unpaired) electrons. The highest BCUT2D eigenvalue weighted by Crippen LogP contribution is 2.29. The summed E-state index contributed by atoms with van der Waals surface area (Å²) in [6.07, 6.45) is 0. The molecular formula is C13H11ClN2OS. The molecule has 3 nitrogen and oxygen atoms in total. The fourth-order valence-electron chi connectivity index (χ4n) is 1.42. The second-order valence-corrected chi connectivity index (χ2v) is 4.42. The minimum Gasteiger partial charge on any atom is -0.455 e. The third-order valence-electron chi connectivity index (χ3n) is 2.19. The van der Waals surface area contributed by atoms with E-state index >= 15 is 0 Å². The van der Waals surface area contributed by atoms with Crippen molar-refractivity contribution in [3.05, 3.63) is 53.6 Å². The Kier molecular flexibility index (Phi) is 4.02. The number of anilines is 1. The SMILES string of the molecule is NC(=S)Nc1ccccc1Oc1ccc(Cl)cc1. The van der Waals surface area contributed by atoms with Crippen molar-refractivity contribution in [2.24, 2.45) is 5.73 Å². The molecule has 0 atom stereocenters. The van der Waals surface area contributed by atoms with Crippen molar-refractivity contribution in [1.82, 2.24) is 0 Å². The zero-order valence-corrected chi connectivity index (χ0v) is 11.0. The molecule has 2 aromatic carbocycles. The lowest BCUT2D eigenvalue weighted by molar-refractivity contribution is 0.485. The van der Waals surface area contributed by atoms with E-state index in [0.29, 0.717) is 16.5 Å². The molecule has 0 spiro atoms. The summed E-state index contributed by atoms with van der Waals surface area (Å²) in [5.74, 6) is 1.34. The van der Waals surface area contributed by atoms with E-state index in [4.69, 9.17) is 34.3 Å². The number of para-hydroxylation sites is 2. The van der Waals surface area contributed by atoms with Gasteiger partial charge in [0.25, 0.3) is 0 Å². The van der Waals surface area contributed by atoms with Gasteiger partial charge in [0.15, 0.2) is 10.9 Å². The van der Waals surface area contributed by atoms with Gasteiger partial charge in [-0.3, -0.25) is 0 Å². The Hall–Kier alpha value is -1.78. The average molecular weight is 279 g/mol. The number of benzene rings is 2. The highest BCUT2D eigenvalue weighted by atomic mass is 35.5. The molecule has 0 fully saturated rings. The third kappa shape index (κ3) is 3.35. The Labute approximate surface area is 116 Å². The Balaban J connectivity index is 2.23. The molecule has 0 aliphatic heterocycles. The van der Waals surface area contributed by atoms with Crippen molar-refractivity contribution in [2.75, 3.05) is 5.32 Å². The number of nitrogens with one attached hydrogen (secondary N) is 1. The minimum atomic E-state index is 0.196.